The molecule has 7 heteroatoms. The fourth-order valence-electron chi connectivity index (χ4n) is 3.08. The van der Waals surface area contributed by atoms with Gasteiger partial charge in [0.2, 0.25) is 0 Å². The standard InChI is InChI=1S/C17H18F3NO2S/c1-10-13-9-12(23-2)3-4-14(13)24-15(10)16(22)21-7-5-11(6-8-21)17(18,19)20/h3-4,9,11H,5-8H2,1-2H3. The molecule has 130 valence electrons. The van der Waals surface area contributed by atoms with Crippen molar-refractivity contribution in [1.29, 1.82) is 0 Å². The van der Waals surface area contributed by atoms with Crippen molar-refractivity contribution in [3.63, 3.8) is 0 Å². The monoisotopic (exact) mass is 357 g/mol. The third-order valence-corrected chi connectivity index (χ3v) is 5.84. The molecule has 0 spiro atoms. The van der Waals surface area contributed by atoms with Crippen molar-refractivity contribution in [2.75, 3.05) is 20.2 Å². The minimum atomic E-state index is -4.17. The molecule has 0 saturated carbocycles. The Bertz CT molecular complexity index is 761. The Hall–Kier alpha value is -1.76. The van der Waals surface area contributed by atoms with E-state index in [9.17, 15) is 18.0 Å². The van der Waals surface area contributed by atoms with Crippen LogP contribution in [0.3, 0.4) is 0 Å². The van der Waals surface area contributed by atoms with Crippen molar-refractivity contribution >= 4 is 27.3 Å². The highest BCUT2D eigenvalue weighted by atomic mass is 32.1. The van der Waals surface area contributed by atoms with Crippen LogP contribution in [-0.2, 0) is 0 Å². The van der Waals surface area contributed by atoms with E-state index in [0.717, 1.165) is 15.6 Å². The molecule has 0 unspecified atom stereocenters. The number of carbonyl (C=O) groups excluding carboxylic acids is 1. The molecule has 1 aliphatic heterocycles. The smallest absolute Gasteiger partial charge is 0.391 e. The summed E-state index contributed by atoms with van der Waals surface area (Å²) >= 11 is 1.38. The third kappa shape index (κ3) is 3.09. The number of ether oxygens (including phenoxy) is 1. The van der Waals surface area contributed by atoms with Gasteiger partial charge in [-0.15, -0.1) is 11.3 Å². The van der Waals surface area contributed by atoms with Gasteiger partial charge in [0.25, 0.3) is 5.91 Å². The highest BCUT2D eigenvalue weighted by Crippen LogP contribution is 2.37. The van der Waals surface area contributed by atoms with E-state index in [-0.39, 0.29) is 31.8 Å². The Kier molecular flexibility index (Phi) is 4.46. The molecule has 2 aromatic rings. The molecule has 0 N–H and O–H groups in total. The van der Waals surface area contributed by atoms with Gasteiger partial charge in [0.05, 0.1) is 17.9 Å². The van der Waals surface area contributed by atoms with Gasteiger partial charge in [0.1, 0.15) is 5.75 Å². The number of hydrogen-bond donors (Lipinski definition) is 0. The highest BCUT2D eigenvalue weighted by Gasteiger charge is 2.42. The molecule has 3 nitrogen and oxygen atoms in total. The Morgan fingerprint density at radius 1 is 1.29 bits per heavy atom. The maximum atomic E-state index is 12.8. The van der Waals surface area contributed by atoms with Crippen molar-refractivity contribution in [1.82, 2.24) is 4.90 Å². The van der Waals surface area contributed by atoms with E-state index >= 15 is 0 Å². The van der Waals surface area contributed by atoms with Crippen molar-refractivity contribution < 1.29 is 22.7 Å². The molecule has 0 aliphatic carbocycles. The minimum Gasteiger partial charge on any atom is -0.497 e. The van der Waals surface area contributed by atoms with Gasteiger partial charge in [-0.2, -0.15) is 13.2 Å². The molecule has 2 heterocycles. The predicted octanol–water partition coefficient (Wildman–Crippen LogP) is 4.63. The average Bonchev–Trinajstić information content (AvgIpc) is 2.90. The first-order valence-corrected chi connectivity index (χ1v) is 8.56. The van der Waals surface area contributed by atoms with Gasteiger partial charge in [-0.1, -0.05) is 0 Å². The van der Waals surface area contributed by atoms with Gasteiger partial charge in [-0.05, 0) is 48.9 Å². The summed E-state index contributed by atoms with van der Waals surface area (Å²) in [4.78, 5) is 14.9. The topological polar surface area (TPSA) is 29.5 Å². The first-order valence-electron chi connectivity index (χ1n) is 7.74. The summed E-state index contributed by atoms with van der Waals surface area (Å²) in [6.07, 6.45) is -4.21. The molecule has 0 bridgehead atoms. The van der Waals surface area contributed by atoms with Crippen LogP contribution in [0.25, 0.3) is 10.1 Å². The summed E-state index contributed by atoms with van der Waals surface area (Å²) in [5, 5.41) is 0.952. The number of halogens is 3. The van der Waals surface area contributed by atoms with Crippen LogP contribution in [0.5, 0.6) is 5.75 Å². The minimum absolute atomic E-state index is 0.0208. The molecular formula is C17H18F3NO2S. The summed E-state index contributed by atoms with van der Waals surface area (Å²) in [6, 6.07) is 5.62. The van der Waals surface area contributed by atoms with Gasteiger partial charge in [-0.3, -0.25) is 4.79 Å². The van der Waals surface area contributed by atoms with Crippen LogP contribution in [0.15, 0.2) is 18.2 Å². The largest absolute Gasteiger partial charge is 0.497 e. The summed E-state index contributed by atoms with van der Waals surface area (Å²) in [5.41, 5.74) is 0.858. The first-order chi connectivity index (χ1) is 11.3. The van der Waals surface area contributed by atoms with Gasteiger partial charge in [0, 0.05) is 17.8 Å². The number of rotatable bonds is 2. The second kappa shape index (κ2) is 6.27. The molecule has 0 radical (unpaired) electrons. The number of piperidine rings is 1. The molecule has 3 rings (SSSR count). The molecule has 24 heavy (non-hydrogen) atoms. The van der Waals surface area contributed by atoms with Crippen LogP contribution in [0.4, 0.5) is 13.2 Å². The predicted molar refractivity (Wildman–Crippen MR) is 87.8 cm³/mol. The molecule has 1 aromatic heterocycles. The maximum Gasteiger partial charge on any atom is 0.391 e. The van der Waals surface area contributed by atoms with Crippen LogP contribution in [-0.4, -0.2) is 37.2 Å². The van der Waals surface area contributed by atoms with E-state index in [2.05, 4.69) is 0 Å². The lowest BCUT2D eigenvalue weighted by molar-refractivity contribution is -0.183. The van der Waals surface area contributed by atoms with E-state index in [1.165, 1.54) is 16.2 Å². The molecule has 1 aliphatic rings. The Balaban J connectivity index is 1.81. The molecule has 1 fully saturated rings. The quantitative estimate of drug-likeness (QED) is 0.784. The molecular weight excluding hydrogens is 339 g/mol. The van der Waals surface area contributed by atoms with Gasteiger partial charge >= 0.3 is 6.18 Å². The molecule has 1 saturated heterocycles. The molecule has 0 atom stereocenters. The van der Waals surface area contributed by atoms with Crippen LogP contribution >= 0.6 is 11.3 Å². The fourth-order valence-corrected chi connectivity index (χ4v) is 4.24. The Morgan fingerprint density at radius 2 is 1.96 bits per heavy atom. The number of nitrogens with zero attached hydrogens (tertiary/aromatic N) is 1. The van der Waals surface area contributed by atoms with Crippen molar-refractivity contribution in [3.05, 3.63) is 28.6 Å². The SMILES string of the molecule is COc1ccc2sc(C(=O)N3CCC(C(F)(F)F)CC3)c(C)c2c1. The number of carbonyl (C=O) groups is 1. The van der Waals surface area contributed by atoms with E-state index in [4.69, 9.17) is 4.74 Å². The normalized spacial score (nSPS) is 16.6. The second-order valence-electron chi connectivity index (χ2n) is 6.03. The zero-order valence-corrected chi connectivity index (χ0v) is 14.3. The summed E-state index contributed by atoms with van der Waals surface area (Å²) < 4.78 is 44.4. The Labute approximate surface area is 142 Å². The lowest BCUT2D eigenvalue weighted by atomic mass is 9.96. The van der Waals surface area contributed by atoms with Crippen LogP contribution < -0.4 is 4.74 Å². The zero-order chi connectivity index (χ0) is 17.5. The first kappa shape index (κ1) is 17.1. The number of alkyl halides is 3. The van der Waals surface area contributed by atoms with E-state index in [1.54, 1.807) is 7.11 Å². The zero-order valence-electron chi connectivity index (χ0n) is 13.4. The third-order valence-electron chi connectivity index (χ3n) is 4.58. The average molecular weight is 357 g/mol. The Morgan fingerprint density at radius 3 is 2.54 bits per heavy atom. The van der Waals surface area contributed by atoms with E-state index < -0.39 is 12.1 Å². The van der Waals surface area contributed by atoms with Crippen molar-refractivity contribution in [2.24, 2.45) is 5.92 Å². The molecule has 1 amide bonds. The van der Waals surface area contributed by atoms with E-state index in [1.807, 2.05) is 25.1 Å². The number of fused-ring (bicyclic) bond motifs is 1. The van der Waals surface area contributed by atoms with Gasteiger partial charge in [-0.25, -0.2) is 0 Å². The number of likely N-dealkylation sites (tertiary alicyclic amines) is 1. The fraction of sp³-hybridized carbons (Fsp3) is 0.471. The second-order valence-corrected chi connectivity index (χ2v) is 7.08. The van der Waals surface area contributed by atoms with Crippen molar-refractivity contribution in [2.45, 2.75) is 25.9 Å². The highest BCUT2D eigenvalue weighted by molar-refractivity contribution is 7.21. The number of methoxy groups -OCH3 is 1. The number of amides is 1. The van der Waals surface area contributed by atoms with Crippen LogP contribution in [0, 0.1) is 12.8 Å². The summed E-state index contributed by atoms with van der Waals surface area (Å²) in [5.74, 6) is -0.754. The van der Waals surface area contributed by atoms with Crippen molar-refractivity contribution in [3.8, 4) is 5.75 Å². The van der Waals surface area contributed by atoms with E-state index in [0.29, 0.717) is 10.6 Å². The van der Waals surface area contributed by atoms with Crippen LogP contribution in [0.1, 0.15) is 28.1 Å². The maximum absolute atomic E-state index is 12.8. The lowest BCUT2D eigenvalue weighted by Gasteiger charge is -2.32. The lowest BCUT2D eigenvalue weighted by Crippen LogP contribution is -2.42. The summed E-state index contributed by atoms with van der Waals surface area (Å²) in [7, 11) is 1.58. The molecule has 1 aromatic carbocycles. The van der Waals surface area contributed by atoms with Crippen LogP contribution in [0.2, 0.25) is 0 Å². The number of thiophene rings is 1. The number of aryl methyl sites for hydroxylation is 1. The van der Waals surface area contributed by atoms with Gasteiger partial charge < -0.3 is 9.64 Å². The summed E-state index contributed by atoms with van der Waals surface area (Å²) in [6.45, 7) is 2.17. The van der Waals surface area contributed by atoms with Gasteiger partial charge in [0.15, 0.2) is 0 Å². The number of benzene rings is 1. The number of hydrogen-bond acceptors (Lipinski definition) is 3.